The van der Waals surface area contributed by atoms with Gasteiger partial charge in [0.25, 0.3) is 0 Å². The standard InChI is InChI=1S/C55H94O6/c1-4-7-10-13-16-19-22-24-26-27-29-31-34-36-39-42-45-48-54(57)60-51-52(61-55(58)49-46-43-40-37-32-21-18-15-12-9-6-3)50-59-53(56)47-44-41-38-35-33-30-28-25-23-20-17-14-11-8-5-2/h7,10,15-16,18-20,23-24,26,29,31,52H,4-6,8-9,11-14,17,21-22,25,27-28,30,32-51H2,1-3H3/b10-7-,18-15-,19-16-,23-20-,26-24-,31-29-/t52-/m0/s1. The summed E-state index contributed by atoms with van der Waals surface area (Å²) < 4.78 is 16.7. The number of hydrogen-bond donors (Lipinski definition) is 0. The molecule has 0 saturated carbocycles. The fourth-order valence-electron chi connectivity index (χ4n) is 6.82. The van der Waals surface area contributed by atoms with Gasteiger partial charge in [-0.2, -0.15) is 0 Å². The minimum atomic E-state index is -0.790. The third-order valence-corrected chi connectivity index (χ3v) is 10.7. The van der Waals surface area contributed by atoms with Crippen LogP contribution in [0.4, 0.5) is 0 Å². The van der Waals surface area contributed by atoms with Gasteiger partial charge in [-0.15, -0.1) is 0 Å². The largest absolute Gasteiger partial charge is 0.462 e. The van der Waals surface area contributed by atoms with E-state index in [-0.39, 0.29) is 31.1 Å². The zero-order valence-corrected chi connectivity index (χ0v) is 39.9. The predicted molar refractivity (Wildman–Crippen MR) is 261 cm³/mol. The van der Waals surface area contributed by atoms with Crippen LogP contribution in [0, 0.1) is 0 Å². The molecule has 0 heterocycles. The number of hydrogen-bond acceptors (Lipinski definition) is 6. The molecule has 0 N–H and O–H groups in total. The van der Waals surface area contributed by atoms with Crippen molar-refractivity contribution in [2.45, 2.75) is 245 Å². The van der Waals surface area contributed by atoms with Crippen molar-refractivity contribution in [3.05, 3.63) is 72.9 Å². The Labute approximate surface area is 376 Å². The number of rotatable bonds is 45. The number of ether oxygens (including phenoxy) is 3. The topological polar surface area (TPSA) is 78.9 Å². The molecule has 0 unspecified atom stereocenters. The molecule has 0 aromatic carbocycles. The van der Waals surface area contributed by atoms with Crippen LogP contribution in [0.1, 0.15) is 239 Å². The summed E-state index contributed by atoms with van der Waals surface area (Å²) in [6, 6.07) is 0. The smallest absolute Gasteiger partial charge is 0.306 e. The summed E-state index contributed by atoms with van der Waals surface area (Å²) in [5, 5.41) is 0. The Hall–Kier alpha value is -3.15. The molecule has 0 aromatic heterocycles. The number of carbonyl (C=O) groups is 3. The fraction of sp³-hybridized carbons (Fsp3) is 0.727. The van der Waals surface area contributed by atoms with E-state index in [2.05, 4.69) is 93.7 Å². The van der Waals surface area contributed by atoms with Crippen LogP contribution in [0.2, 0.25) is 0 Å². The SMILES string of the molecule is CC/C=C\C/C=C\C/C=C\C/C=C\CCCCCCC(=O)OC[C@H](COC(=O)CCCCCCCCC/C=C\CCCCCC)OC(=O)CCCCCCC/C=C\CCCC. The summed E-state index contributed by atoms with van der Waals surface area (Å²) >= 11 is 0. The first kappa shape index (κ1) is 57.9. The van der Waals surface area contributed by atoms with Gasteiger partial charge in [0.15, 0.2) is 6.10 Å². The average molecular weight is 851 g/mol. The van der Waals surface area contributed by atoms with Crippen LogP contribution in [-0.2, 0) is 28.6 Å². The average Bonchev–Trinajstić information content (AvgIpc) is 3.26. The van der Waals surface area contributed by atoms with E-state index in [1.807, 2.05) is 0 Å². The first-order valence-electron chi connectivity index (χ1n) is 25.4. The maximum absolute atomic E-state index is 12.7. The van der Waals surface area contributed by atoms with Crippen molar-refractivity contribution in [2.75, 3.05) is 13.2 Å². The van der Waals surface area contributed by atoms with Gasteiger partial charge >= 0.3 is 17.9 Å². The van der Waals surface area contributed by atoms with Crippen LogP contribution >= 0.6 is 0 Å². The van der Waals surface area contributed by atoms with Crippen LogP contribution in [0.25, 0.3) is 0 Å². The van der Waals surface area contributed by atoms with E-state index in [0.29, 0.717) is 19.3 Å². The summed E-state index contributed by atoms with van der Waals surface area (Å²) in [7, 11) is 0. The zero-order chi connectivity index (χ0) is 44.4. The second-order valence-electron chi connectivity index (χ2n) is 16.7. The van der Waals surface area contributed by atoms with Crippen LogP contribution in [0.15, 0.2) is 72.9 Å². The lowest BCUT2D eigenvalue weighted by molar-refractivity contribution is -0.167. The lowest BCUT2D eigenvalue weighted by Gasteiger charge is -2.18. The molecule has 0 spiro atoms. The van der Waals surface area contributed by atoms with Crippen molar-refractivity contribution in [1.29, 1.82) is 0 Å². The predicted octanol–water partition coefficient (Wildman–Crippen LogP) is 16.6. The van der Waals surface area contributed by atoms with Gasteiger partial charge in [-0.1, -0.05) is 190 Å². The van der Waals surface area contributed by atoms with Gasteiger partial charge in [-0.25, -0.2) is 0 Å². The van der Waals surface area contributed by atoms with Crippen molar-refractivity contribution >= 4 is 17.9 Å². The fourth-order valence-corrected chi connectivity index (χ4v) is 6.82. The molecule has 0 aliphatic rings. The van der Waals surface area contributed by atoms with Crippen LogP contribution < -0.4 is 0 Å². The Balaban J connectivity index is 4.41. The molecule has 0 aliphatic heterocycles. The Kier molecular flexibility index (Phi) is 46.9. The Morgan fingerprint density at radius 1 is 0.344 bits per heavy atom. The van der Waals surface area contributed by atoms with Crippen molar-refractivity contribution in [3.8, 4) is 0 Å². The van der Waals surface area contributed by atoms with Crippen molar-refractivity contribution in [1.82, 2.24) is 0 Å². The highest BCUT2D eigenvalue weighted by Gasteiger charge is 2.19. The molecule has 6 heteroatoms. The van der Waals surface area contributed by atoms with E-state index < -0.39 is 6.10 Å². The van der Waals surface area contributed by atoms with Crippen LogP contribution in [0.5, 0.6) is 0 Å². The second kappa shape index (κ2) is 49.5. The molecule has 61 heavy (non-hydrogen) atoms. The molecule has 0 saturated heterocycles. The van der Waals surface area contributed by atoms with E-state index in [0.717, 1.165) is 109 Å². The monoisotopic (exact) mass is 851 g/mol. The Morgan fingerprint density at radius 2 is 0.656 bits per heavy atom. The molecule has 0 aliphatic carbocycles. The first-order valence-corrected chi connectivity index (χ1v) is 25.4. The highest BCUT2D eigenvalue weighted by atomic mass is 16.6. The molecule has 0 aromatic rings. The lowest BCUT2D eigenvalue weighted by atomic mass is 10.1. The Morgan fingerprint density at radius 3 is 1.07 bits per heavy atom. The quantitative estimate of drug-likeness (QED) is 0.0263. The van der Waals surface area contributed by atoms with Gasteiger partial charge in [0.05, 0.1) is 0 Å². The molecule has 0 amide bonds. The van der Waals surface area contributed by atoms with Gasteiger partial charge in [0.2, 0.25) is 0 Å². The summed E-state index contributed by atoms with van der Waals surface area (Å²) in [5.74, 6) is -0.928. The van der Waals surface area contributed by atoms with E-state index in [9.17, 15) is 14.4 Å². The summed E-state index contributed by atoms with van der Waals surface area (Å²) in [5.41, 5.74) is 0. The molecule has 0 radical (unpaired) electrons. The highest BCUT2D eigenvalue weighted by molar-refractivity contribution is 5.71. The number of unbranched alkanes of at least 4 members (excludes halogenated alkanes) is 22. The molecule has 350 valence electrons. The number of esters is 3. The summed E-state index contributed by atoms with van der Waals surface area (Å²) in [4.78, 5) is 37.9. The number of carbonyl (C=O) groups excluding carboxylic acids is 3. The molecule has 0 rings (SSSR count). The van der Waals surface area contributed by atoms with Gasteiger partial charge in [0.1, 0.15) is 13.2 Å². The molecule has 1 atom stereocenters. The highest BCUT2D eigenvalue weighted by Crippen LogP contribution is 2.14. The second-order valence-corrected chi connectivity index (χ2v) is 16.7. The third kappa shape index (κ3) is 47.7. The maximum atomic E-state index is 12.7. The molecule has 6 nitrogen and oxygen atoms in total. The van der Waals surface area contributed by atoms with Gasteiger partial charge in [-0.3, -0.25) is 14.4 Å². The normalized spacial score (nSPS) is 12.6. The third-order valence-electron chi connectivity index (χ3n) is 10.7. The first-order chi connectivity index (χ1) is 30.0. The van der Waals surface area contributed by atoms with Gasteiger partial charge < -0.3 is 14.2 Å². The molecule has 0 bridgehead atoms. The van der Waals surface area contributed by atoms with Crippen molar-refractivity contribution < 1.29 is 28.6 Å². The van der Waals surface area contributed by atoms with E-state index in [1.54, 1.807) is 0 Å². The zero-order valence-electron chi connectivity index (χ0n) is 39.9. The molecular formula is C55H94O6. The van der Waals surface area contributed by atoms with E-state index in [4.69, 9.17) is 14.2 Å². The van der Waals surface area contributed by atoms with Gasteiger partial charge in [0, 0.05) is 19.3 Å². The van der Waals surface area contributed by atoms with Crippen LogP contribution in [0.3, 0.4) is 0 Å². The van der Waals surface area contributed by atoms with Crippen LogP contribution in [-0.4, -0.2) is 37.2 Å². The number of allylic oxidation sites excluding steroid dienone is 12. The lowest BCUT2D eigenvalue weighted by Crippen LogP contribution is -2.30. The summed E-state index contributed by atoms with van der Waals surface area (Å²) in [6.45, 7) is 6.44. The van der Waals surface area contributed by atoms with Crippen molar-refractivity contribution in [3.63, 3.8) is 0 Å². The minimum Gasteiger partial charge on any atom is -0.462 e. The maximum Gasteiger partial charge on any atom is 0.306 e. The van der Waals surface area contributed by atoms with Gasteiger partial charge in [-0.05, 0) is 103 Å². The molecule has 0 fully saturated rings. The van der Waals surface area contributed by atoms with Crippen molar-refractivity contribution in [2.24, 2.45) is 0 Å². The van der Waals surface area contributed by atoms with E-state index >= 15 is 0 Å². The molecular weight excluding hydrogens is 757 g/mol. The summed E-state index contributed by atoms with van der Waals surface area (Å²) in [6.07, 6.45) is 61.7. The minimum absolute atomic E-state index is 0.0892. The Bertz CT molecular complexity index is 1160. The van der Waals surface area contributed by atoms with E-state index in [1.165, 1.54) is 89.9 Å².